The Morgan fingerprint density at radius 2 is 1.58 bits per heavy atom. The molecular weight excluding hydrogens is 693 g/mol. The van der Waals surface area contributed by atoms with E-state index in [4.69, 9.17) is 9.84 Å². The number of allylic oxidation sites excluding steroid dienone is 3. The van der Waals surface area contributed by atoms with Crippen molar-refractivity contribution in [2.75, 3.05) is 33.3 Å². The Morgan fingerprint density at radius 1 is 0.873 bits per heavy atom. The number of aliphatic carboxylic acids is 1. The van der Waals surface area contributed by atoms with Gasteiger partial charge in [-0.15, -0.1) is 0 Å². The Hall–Kier alpha value is -3.46. The van der Waals surface area contributed by atoms with Crippen molar-refractivity contribution in [3.8, 4) is 0 Å². The summed E-state index contributed by atoms with van der Waals surface area (Å²) in [6.07, 6.45) is 11.7. The van der Waals surface area contributed by atoms with Crippen molar-refractivity contribution in [3.63, 3.8) is 0 Å². The molecular formula is C46H66N2O7. The molecule has 0 aromatic heterocycles. The minimum absolute atomic E-state index is 0.0480. The summed E-state index contributed by atoms with van der Waals surface area (Å²) >= 11 is 0. The SMILES string of the molecule is C=C(C)[C@@H]1CC[C@]2(C(=O)NCCN(C)CCOC(=O)CCC(=O)O)CC[C@]3(C)[C@H](CCC4[C@@]5(C)CC=C(c6ccc(C(=O)O)cc6)C(C)(C)C5CC[C@]43C)C12. The number of amides is 1. The second-order valence-electron chi connectivity index (χ2n) is 19.4. The standard InChI is InChI=1S/C46H66N2O7/c1-29(2)32-17-22-46(41(54)47-25-26-48(8)27-28-55-38(51)16-15-37(49)50)24-23-44(6)34(39(32)46)13-14-36-43(5)20-18-33(30-9-11-31(12-10-30)40(52)53)42(3,4)35(43)19-21-45(36,44)7/h9-12,18,32,34-36,39H,1,13-17,19-28H2,2-8H3,(H,47,54)(H,49,50)(H,52,53)/t32-,34+,35?,36?,39?,43-,44+,45+,46-/m0/s1. The van der Waals surface area contributed by atoms with Crippen LogP contribution in [0.3, 0.4) is 0 Å². The summed E-state index contributed by atoms with van der Waals surface area (Å²) in [5.41, 5.74) is 3.99. The van der Waals surface area contributed by atoms with E-state index in [1.165, 1.54) is 30.4 Å². The fraction of sp³-hybridized carbons (Fsp3) is 0.696. The number of carboxylic acids is 2. The highest BCUT2D eigenvalue weighted by Crippen LogP contribution is 2.77. The molecule has 9 nitrogen and oxygen atoms in total. The average Bonchev–Trinajstić information content (AvgIpc) is 3.52. The van der Waals surface area contributed by atoms with E-state index in [9.17, 15) is 24.3 Å². The van der Waals surface area contributed by atoms with Gasteiger partial charge in [-0.05, 0) is 146 Å². The lowest BCUT2D eigenvalue weighted by Gasteiger charge is -2.72. The van der Waals surface area contributed by atoms with E-state index in [-0.39, 0.29) is 52.9 Å². The molecule has 5 aliphatic rings. The molecule has 9 atom stereocenters. The topological polar surface area (TPSA) is 133 Å². The fourth-order valence-electron chi connectivity index (χ4n) is 13.7. The number of aromatic carboxylic acids is 1. The molecule has 1 aromatic carbocycles. The van der Waals surface area contributed by atoms with Gasteiger partial charge in [-0.1, -0.05) is 65.0 Å². The third kappa shape index (κ3) is 6.99. The Balaban J connectivity index is 1.18. The molecule has 0 radical (unpaired) electrons. The number of carbonyl (C=O) groups is 4. The summed E-state index contributed by atoms with van der Waals surface area (Å²) in [5, 5.41) is 21.7. The van der Waals surface area contributed by atoms with E-state index < -0.39 is 23.3 Å². The molecule has 6 rings (SSSR count). The first kappa shape index (κ1) is 41.2. The van der Waals surface area contributed by atoms with Crippen LogP contribution in [0.4, 0.5) is 0 Å². The molecule has 4 fully saturated rings. The van der Waals surface area contributed by atoms with Crippen LogP contribution in [-0.2, 0) is 19.1 Å². The highest BCUT2D eigenvalue weighted by Gasteiger charge is 2.71. The summed E-state index contributed by atoms with van der Waals surface area (Å²) in [6.45, 7) is 21.2. The van der Waals surface area contributed by atoms with Crippen molar-refractivity contribution in [3.05, 3.63) is 53.6 Å². The number of hydrogen-bond acceptors (Lipinski definition) is 6. The molecule has 0 bridgehead atoms. The second-order valence-corrected chi connectivity index (χ2v) is 19.4. The van der Waals surface area contributed by atoms with Crippen molar-refractivity contribution in [2.24, 2.45) is 56.7 Å². The van der Waals surface area contributed by atoms with E-state index in [2.05, 4.69) is 59.5 Å². The van der Waals surface area contributed by atoms with Crippen molar-refractivity contribution in [2.45, 2.75) is 112 Å². The molecule has 0 heterocycles. The first-order chi connectivity index (χ1) is 25.8. The number of carbonyl (C=O) groups excluding carboxylic acids is 2. The molecule has 9 heteroatoms. The van der Waals surface area contributed by atoms with Crippen LogP contribution in [0.5, 0.6) is 0 Å². The van der Waals surface area contributed by atoms with Crippen molar-refractivity contribution in [1.29, 1.82) is 0 Å². The summed E-state index contributed by atoms with van der Waals surface area (Å²) in [6, 6.07) is 7.47. The lowest BCUT2D eigenvalue weighted by atomic mass is 9.32. The van der Waals surface area contributed by atoms with Gasteiger partial charge >= 0.3 is 17.9 Å². The maximum Gasteiger partial charge on any atom is 0.335 e. The number of benzene rings is 1. The molecule has 0 spiro atoms. The Morgan fingerprint density at radius 3 is 2.24 bits per heavy atom. The number of likely N-dealkylation sites (N-methyl/N-ethyl adjacent to an activating group) is 1. The van der Waals surface area contributed by atoms with Crippen molar-refractivity contribution < 1.29 is 34.1 Å². The number of nitrogens with one attached hydrogen (secondary N) is 1. The van der Waals surface area contributed by atoms with Gasteiger partial charge in [0.25, 0.3) is 0 Å². The van der Waals surface area contributed by atoms with Crippen LogP contribution in [0, 0.1) is 56.7 Å². The van der Waals surface area contributed by atoms with Gasteiger partial charge in [0.15, 0.2) is 0 Å². The first-order valence-corrected chi connectivity index (χ1v) is 20.9. The number of nitrogens with zero attached hydrogens (tertiary/aromatic N) is 1. The maximum absolute atomic E-state index is 14.5. The van der Waals surface area contributed by atoms with Crippen molar-refractivity contribution in [1.82, 2.24) is 10.2 Å². The number of fused-ring (bicyclic) bond motifs is 7. The molecule has 302 valence electrons. The summed E-state index contributed by atoms with van der Waals surface area (Å²) in [5.74, 6) is -0.0651. The van der Waals surface area contributed by atoms with E-state index in [1.807, 2.05) is 24.1 Å². The molecule has 1 aromatic rings. The quantitative estimate of drug-likeness (QED) is 0.135. The number of ether oxygens (including phenoxy) is 1. The van der Waals surface area contributed by atoms with Gasteiger partial charge in [0.2, 0.25) is 5.91 Å². The van der Waals surface area contributed by atoms with Crippen LogP contribution in [0.2, 0.25) is 0 Å². The molecule has 3 N–H and O–H groups in total. The summed E-state index contributed by atoms with van der Waals surface area (Å²) in [4.78, 5) is 50.7. The van der Waals surface area contributed by atoms with Crippen molar-refractivity contribution >= 4 is 29.4 Å². The number of carboxylic acid groups (broad SMARTS) is 2. The summed E-state index contributed by atoms with van der Waals surface area (Å²) in [7, 11) is 1.94. The van der Waals surface area contributed by atoms with E-state index in [0.717, 1.165) is 44.1 Å². The Bertz CT molecular complexity index is 1720. The predicted octanol–water partition coefficient (Wildman–Crippen LogP) is 8.49. The monoisotopic (exact) mass is 758 g/mol. The molecule has 5 aliphatic carbocycles. The van der Waals surface area contributed by atoms with E-state index in [0.29, 0.717) is 48.9 Å². The largest absolute Gasteiger partial charge is 0.481 e. The molecule has 3 unspecified atom stereocenters. The van der Waals surface area contributed by atoms with Crippen LogP contribution in [0.15, 0.2) is 42.5 Å². The Labute approximate surface area is 328 Å². The fourth-order valence-corrected chi connectivity index (χ4v) is 13.7. The van der Waals surface area contributed by atoms with Gasteiger partial charge < -0.3 is 25.2 Å². The van der Waals surface area contributed by atoms with Gasteiger partial charge in [0.05, 0.1) is 23.8 Å². The lowest BCUT2D eigenvalue weighted by Crippen LogP contribution is -2.66. The third-order valence-corrected chi connectivity index (χ3v) is 16.6. The predicted molar refractivity (Wildman–Crippen MR) is 214 cm³/mol. The number of hydrogen-bond donors (Lipinski definition) is 3. The zero-order valence-electron chi connectivity index (χ0n) is 34.5. The zero-order chi connectivity index (χ0) is 40.1. The Kier molecular flexibility index (Phi) is 11.3. The lowest BCUT2D eigenvalue weighted by molar-refractivity contribution is -0.225. The minimum atomic E-state index is -1.02. The van der Waals surface area contributed by atoms with Gasteiger partial charge in [-0.2, -0.15) is 0 Å². The molecule has 0 aliphatic heterocycles. The van der Waals surface area contributed by atoms with Gasteiger partial charge in [0.1, 0.15) is 6.61 Å². The van der Waals surface area contributed by atoms with Crippen LogP contribution in [-0.4, -0.2) is 72.2 Å². The average molecular weight is 759 g/mol. The molecule has 55 heavy (non-hydrogen) atoms. The highest BCUT2D eigenvalue weighted by atomic mass is 16.5. The second kappa shape index (κ2) is 15.1. The third-order valence-electron chi connectivity index (χ3n) is 16.6. The normalized spacial score (nSPS) is 36.0. The van der Waals surface area contributed by atoms with Crippen LogP contribution in [0.25, 0.3) is 5.57 Å². The van der Waals surface area contributed by atoms with E-state index in [1.54, 1.807) is 12.1 Å². The van der Waals surface area contributed by atoms with Gasteiger partial charge in [-0.3, -0.25) is 14.4 Å². The maximum atomic E-state index is 14.5. The van der Waals surface area contributed by atoms with Gasteiger partial charge in [-0.25, -0.2) is 4.79 Å². The summed E-state index contributed by atoms with van der Waals surface area (Å²) < 4.78 is 5.20. The van der Waals surface area contributed by atoms with Crippen LogP contribution < -0.4 is 5.32 Å². The first-order valence-electron chi connectivity index (χ1n) is 20.9. The van der Waals surface area contributed by atoms with Crippen LogP contribution >= 0.6 is 0 Å². The minimum Gasteiger partial charge on any atom is -0.481 e. The van der Waals surface area contributed by atoms with Gasteiger partial charge in [0, 0.05) is 19.6 Å². The zero-order valence-corrected chi connectivity index (χ0v) is 34.5. The number of rotatable bonds is 13. The van der Waals surface area contributed by atoms with Crippen LogP contribution in [0.1, 0.15) is 128 Å². The molecule has 0 saturated heterocycles. The highest BCUT2D eigenvalue weighted by molar-refractivity contribution is 5.88. The molecule has 4 saturated carbocycles. The van der Waals surface area contributed by atoms with E-state index >= 15 is 0 Å². The smallest absolute Gasteiger partial charge is 0.335 e. The number of esters is 1. The molecule has 1 amide bonds.